The molecule has 3 nitrogen and oxygen atoms in total. The Morgan fingerprint density at radius 1 is 1.69 bits per heavy atom. The monoisotopic (exact) mass is 313 g/mol. The number of alkyl halides is 2. The van der Waals surface area contributed by atoms with Gasteiger partial charge in [0.05, 0.1) is 29.8 Å². The molecule has 0 aliphatic rings. The van der Waals surface area contributed by atoms with Crippen molar-refractivity contribution in [2.24, 2.45) is 0 Å². The summed E-state index contributed by atoms with van der Waals surface area (Å²) in [5.41, 5.74) is -0.420. The molecule has 1 aromatic heterocycles. The number of halogens is 4. The summed E-state index contributed by atoms with van der Waals surface area (Å²) in [6.45, 7) is 0. The summed E-state index contributed by atoms with van der Waals surface area (Å²) < 4.78 is 29.9. The molecule has 0 spiro atoms. The van der Waals surface area contributed by atoms with Crippen LogP contribution in [0.5, 0.6) is 0 Å². The van der Waals surface area contributed by atoms with Crippen LogP contribution in [0.4, 0.5) is 8.78 Å². The predicted molar refractivity (Wildman–Crippen MR) is 57.6 cm³/mol. The molecule has 0 bridgehead atoms. The van der Waals surface area contributed by atoms with Crippen LogP contribution in [-0.4, -0.2) is 18.1 Å². The fraction of sp³-hybridized carbons (Fsp3) is 0.333. The van der Waals surface area contributed by atoms with Crippen LogP contribution < -0.4 is 0 Å². The van der Waals surface area contributed by atoms with Gasteiger partial charge in [0.25, 0.3) is 6.43 Å². The van der Waals surface area contributed by atoms with Gasteiger partial charge in [0.2, 0.25) is 0 Å². The number of methoxy groups -OCH3 is 1. The second-order valence-corrected chi connectivity index (χ2v) is 4.03. The van der Waals surface area contributed by atoms with Gasteiger partial charge in [-0.25, -0.2) is 8.78 Å². The molecular formula is C9H7BrClF2NO2. The van der Waals surface area contributed by atoms with Gasteiger partial charge in [0.1, 0.15) is 0 Å². The molecule has 0 fully saturated rings. The van der Waals surface area contributed by atoms with Crippen LogP contribution in [0.1, 0.15) is 17.7 Å². The summed E-state index contributed by atoms with van der Waals surface area (Å²) in [6.07, 6.45) is -1.87. The highest BCUT2D eigenvalue weighted by Crippen LogP contribution is 2.34. The van der Waals surface area contributed by atoms with Crippen LogP contribution >= 0.6 is 27.5 Å². The molecule has 7 heteroatoms. The van der Waals surface area contributed by atoms with Crippen molar-refractivity contribution in [1.82, 2.24) is 4.98 Å². The number of hydrogen-bond acceptors (Lipinski definition) is 3. The molecule has 16 heavy (non-hydrogen) atoms. The summed E-state index contributed by atoms with van der Waals surface area (Å²) >= 11 is 8.58. The first-order valence-corrected chi connectivity index (χ1v) is 5.32. The van der Waals surface area contributed by atoms with Gasteiger partial charge in [0, 0.05) is 10.7 Å². The van der Waals surface area contributed by atoms with E-state index >= 15 is 0 Å². The summed E-state index contributed by atoms with van der Waals surface area (Å²) in [5.74, 6) is -0.636. The molecule has 0 aromatic carbocycles. The molecule has 88 valence electrons. The Morgan fingerprint density at radius 2 is 2.31 bits per heavy atom. The van der Waals surface area contributed by atoms with E-state index in [0.29, 0.717) is 0 Å². The molecule has 1 heterocycles. The molecule has 1 aromatic rings. The molecule has 0 amide bonds. The fourth-order valence-electron chi connectivity index (χ4n) is 1.09. The predicted octanol–water partition coefficient (Wildman–Crippen LogP) is 3.15. The number of hydrogen-bond donors (Lipinski definition) is 0. The zero-order chi connectivity index (χ0) is 12.3. The highest BCUT2D eigenvalue weighted by atomic mass is 79.9. The molecule has 0 aliphatic heterocycles. The Kier molecular flexibility index (Phi) is 4.61. The molecule has 1 rings (SSSR count). The lowest BCUT2D eigenvalue weighted by Crippen LogP contribution is -2.09. The van der Waals surface area contributed by atoms with Crippen LogP contribution in [0.25, 0.3) is 0 Å². The third-order valence-corrected chi connectivity index (χ3v) is 3.22. The Balaban J connectivity index is 3.18. The second-order valence-electron chi connectivity index (χ2n) is 2.83. The topological polar surface area (TPSA) is 39.2 Å². The van der Waals surface area contributed by atoms with Crippen molar-refractivity contribution in [3.8, 4) is 0 Å². The molecule has 0 saturated carbocycles. The maximum absolute atomic E-state index is 12.7. The van der Waals surface area contributed by atoms with Gasteiger partial charge in [-0.3, -0.25) is 9.78 Å². The molecule has 0 aliphatic carbocycles. The Labute approximate surface area is 104 Å². The van der Waals surface area contributed by atoms with E-state index in [9.17, 15) is 13.6 Å². The maximum Gasteiger partial charge on any atom is 0.311 e. The molecule has 0 N–H and O–H groups in total. The Morgan fingerprint density at radius 3 is 2.81 bits per heavy atom. The van der Waals surface area contributed by atoms with Crippen molar-refractivity contribution in [1.29, 1.82) is 0 Å². The second kappa shape index (κ2) is 5.54. The number of nitrogens with zero attached hydrogens (tertiary/aromatic N) is 1. The number of carbonyl (C=O) groups excluding carboxylic acids is 1. The minimum atomic E-state index is -2.76. The molecule has 0 unspecified atom stereocenters. The number of aromatic nitrogens is 1. The van der Waals surface area contributed by atoms with Crippen LogP contribution in [0.15, 0.2) is 10.7 Å². The standard InChI is InChI=1S/C9H7BrClF2NO2/c1-16-6(15)2-5-7(9(12)13)8(10)4(11)3-14-5/h3,9H,2H2,1H3. The van der Waals surface area contributed by atoms with Crippen molar-refractivity contribution < 1.29 is 18.3 Å². The molecule has 0 saturated heterocycles. The quantitative estimate of drug-likeness (QED) is 0.805. The first-order chi connectivity index (χ1) is 7.47. The Bertz CT molecular complexity index is 415. The van der Waals surface area contributed by atoms with Crippen LogP contribution in [-0.2, 0) is 16.0 Å². The lowest BCUT2D eigenvalue weighted by molar-refractivity contribution is -0.139. The highest BCUT2D eigenvalue weighted by Gasteiger charge is 2.22. The van der Waals surface area contributed by atoms with Gasteiger partial charge in [0.15, 0.2) is 0 Å². The number of pyridine rings is 1. The van der Waals surface area contributed by atoms with Gasteiger partial charge in [-0.15, -0.1) is 0 Å². The van der Waals surface area contributed by atoms with Gasteiger partial charge < -0.3 is 4.74 Å². The maximum atomic E-state index is 12.7. The highest BCUT2D eigenvalue weighted by molar-refractivity contribution is 9.10. The van der Waals surface area contributed by atoms with Gasteiger partial charge in [-0.2, -0.15) is 0 Å². The largest absolute Gasteiger partial charge is 0.469 e. The summed E-state index contributed by atoms with van der Waals surface area (Å²) in [7, 11) is 1.18. The number of ether oxygens (including phenoxy) is 1. The normalized spacial score (nSPS) is 10.6. The van der Waals surface area contributed by atoms with E-state index in [2.05, 4.69) is 25.7 Å². The van der Waals surface area contributed by atoms with Crippen molar-refractivity contribution in [2.75, 3.05) is 7.11 Å². The van der Waals surface area contributed by atoms with Crippen LogP contribution in [0.3, 0.4) is 0 Å². The fourth-order valence-corrected chi connectivity index (χ4v) is 1.74. The number of carbonyl (C=O) groups is 1. The third kappa shape index (κ3) is 2.89. The van der Waals surface area contributed by atoms with E-state index in [0.717, 1.165) is 0 Å². The average molecular weight is 315 g/mol. The lowest BCUT2D eigenvalue weighted by atomic mass is 10.1. The van der Waals surface area contributed by atoms with Gasteiger partial charge >= 0.3 is 5.97 Å². The van der Waals surface area contributed by atoms with Gasteiger partial charge in [-0.05, 0) is 15.9 Å². The van der Waals surface area contributed by atoms with Crippen molar-refractivity contribution in [3.05, 3.63) is 26.9 Å². The zero-order valence-corrected chi connectivity index (χ0v) is 10.5. The minimum Gasteiger partial charge on any atom is -0.469 e. The van der Waals surface area contributed by atoms with E-state index in [-0.39, 0.29) is 27.2 Å². The van der Waals surface area contributed by atoms with E-state index in [1.165, 1.54) is 13.3 Å². The summed E-state index contributed by atoms with van der Waals surface area (Å²) in [5, 5.41) is 0.0731. The van der Waals surface area contributed by atoms with Crippen molar-refractivity contribution >= 4 is 33.5 Å². The van der Waals surface area contributed by atoms with E-state index in [1.807, 2.05) is 0 Å². The number of rotatable bonds is 3. The van der Waals surface area contributed by atoms with Crippen molar-refractivity contribution in [2.45, 2.75) is 12.8 Å². The SMILES string of the molecule is COC(=O)Cc1ncc(Cl)c(Br)c1C(F)F. The van der Waals surface area contributed by atoms with E-state index in [4.69, 9.17) is 11.6 Å². The Hall–Kier alpha value is -0.750. The smallest absolute Gasteiger partial charge is 0.311 e. The first kappa shape index (κ1) is 13.3. The van der Waals surface area contributed by atoms with Crippen molar-refractivity contribution in [3.63, 3.8) is 0 Å². The van der Waals surface area contributed by atoms with E-state index in [1.54, 1.807) is 0 Å². The molecule has 0 radical (unpaired) electrons. The van der Waals surface area contributed by atoms with Gasteiger partial charge in [-0.1, -0.05) is 11.6 Å². The average Bonchev–Trinajstić information content (AvgIpc) is 2.23. The molecular weight excluding hydrogens is 307 g/mol. The molecule has 0 atom stereocenters. The number of esters is 1. The zero-order valence-electron chi connectivity index (χ0n) is 8.14. The van der Waals surface area contributed by atoms with Crippen LogP contribution in [0, 0.1) is 0 Å². The van der Waals surface area contributed by atoms with E-state index < -0.39 is 12.4 Å². The third-order valence-electron chi connectivity index (χ3n) is 1.85. The summed E-state index contributed by atoms with van der Waals surface area (Å²) in [4.78, 5) is 14.7. The minimum absolute atomic E-state index is 0.0434. The lowest BCUT2D eigenvalue weighted by Gasteiger charge is -2.10. The first-order valence-electron chi connectivity index (χ1n) is 4.15. The summed E-state index contributed by atoms with van der Waals surface area (Å²) in [6, 6.07) is 0. The van der Waals surface area contributed by atoms with Crippen LogP contribution in [0.2, 0.25) is 5.02 Å².